The number of nitrogens with zero attached hydrogens (tertiary/aromatic N) is 2. The highest BCUT2D eigenvalue weighted by molar-refractivity contribution is 7.10. The second kappa shape index (κ2) is 7.97. The number of phenols is 1. The Balaban J connectivity index is 1.72. The molecular formula is C25H22N2O5S. The molecule has 33 heavy (non-hydrogen) atoms. The number of aromatic hydroxyl groups is 1. The Morgan fingerprint density at radius 2 is 1.91 bits per heavy atom. The molecule has 1 amide bonds. The SMILES string of the molecule is Cc1ccsc1C1/C(=C(/O)c2ccc3c(c2)N(C)CCO3)C(=O)C(=O)N1c1ccccc1O. The number of thiophene rings is 1. The summed E-state index contributed by atoms with van der Waals surface area (Å²) >= 11 is 1.39. The van der Waals surface area contributed by atoms with Crippen molar-refractivity contribution in [3.8, 4) is 11.5 Å². The number of carbonyl (C=O) groups is 2. The molecule has 1 aromatic heterocycles. The van der Waals surface area contributed by atoms with Gasteiger partial charge in [0.15, 0.2) is 0 Å². The zero-order chi connectivity index (χ0) is 23.3. The Morgan fingerprint density at radius 3 is 2.64 bits per heavy atom. The quantitative estimate of drug-likeness (QED) is 0.344. The van der Waals surface area contributed by atoms with Crippen molar-refractivity contribution in [1.82, 2.24) is 0 Å². The second-order valence-electron chi connectivity index (χ2n) is 8.08. The predicted molar refractivity (Wildman–Crippen MR) is 127 cm³/mol. The summed E-state index contributed by atoms with van der Waals surface area (Å²) in [6.07, 6.45) is 0. The number of aryl methyl sites for hydroxylation is 1. The highest BCUT2D eigenvalue weighted by Crippen LogP contribution is 2.47. The molecule has 1 unspecified atom stereocenters. The number of para-hydroxylation sites is 2. The Hall–Kier alpha value is -3.78. The summed E-state index contributed by atoms with van der Waals surface area (Å²) in [6.45, 7) is 3.16. The largest absolute Gasteiger partial charge is 0.507 e. The fourth-order valence-corrected chi connectivity index (χ4v) is 5.34. The van der Waals surface area contributed by atoms with Gasteiger partial charge in [0.05, 0.1) is 23.5 Å². The molecule has 2 aromatic carbocycles. The van der Waals surface area contributed by atoms with Crippen molar-refractivity contribution in [2.24, 2.45) is 0 Å². The van der Waals surface area contributed by atoms with Crippen LogP contribution in [-0.4, -0.2) is 42.1 Å². The van der Waals surface area contributed by atoms with E-state index < -0.39 is 17.7 Å². The van der Waals surface area contributed by atoms with Crippen molar-refractivity contribution in [3.05, 3.63) is 75.5 Å². The van der Waals surface area contributed by atoms with Crippen LogP contribution in [0, 0.1) is 6.92 Å². The molecule has 0 saturated carbocycles. The molecule has 0 radical (unpaired) electrons. The molecule has 7 nitrogen and oxygen atoms in total. The van der Waals surface area contributed by atoms with Gasteiger partial charge in [-0.15, -0.1) is 11.3 Å². The number of hydrogen-bond acceptors (Lipinski definition) is 7. The van der Waals surface area contributed by atoms with Crippen molar-refractivity contribution >= 4 is 40.2 Å². The molecule has 1 fully saturated rings. The first kappa shape index (κ1) is 21.1. The van der Waals surface area contributed by atoms with Crippen LogP contribution in [-0.2, 0) is 9.59 Å². The molecule has 5 rings (SSSR count). The average molecular weight is 463 g/mol. The first-order chi connectivity index (χ1) is 15.9. The van der Waals surface area contributed by atoms with Crippen LogP contribution in [0.15, 0.2) is 59.5 Å². The molecule has 3 heterocycles. The number of ketones is 1. The Morgan fingerprint density at radius 1 is 1.12 bits per heavy atom. The number of aliphatic hydroxyl groups excluding tert-OH is 1. The van der Waals surface area contributed by atoms with Gasteiger partial charge < -0.3 is 19.8 Å². The van der Waals surface area contributed by atoms with Gasteiger partial charge in [-0.25, -0.2) is 0 Å². The van der Waals surface area contributed by atoms with Gasteiger partial charge in [-0.05, 0) is 54.3 Å². The summed E-state index contributed by atoms with van der Waals surface area (Å²) < 4.78 is 5.68. The number of rotatable bonds is 3. The third-order valence-electron chi connectivity index (χ3n) is 6.06. The maximum absolute atomic E-state index is 13.3. The number of likely N-dealkylation sites (N-methyl/N-ethyl adjacent to an activating group) is 1. The number of carbonyl (C=O) groups excluding carboxylic acids is 2. The van der Waals surface area contributed by atoms with Crippen LogP contribution in [0.4, 0.5) is 11.4 Å². The van der Waals surface area contributed by atoms with Crippen molar-refractivity contribution in [1.29, 1.82) is 0 Å². The van der Waals surface area contributed by atoms with Crippen LogP contribution >= 0.6 is 11.3 Å². The van der Waals surface area contributed by atoms with Gasteiger partial charge in [0, 0.05) is 17.5 Å². The number of ether oxygens (including phenoxy) is 1. The lowest BCUT2D eigenvalue weighted by molar-refractivity contribution is -0.132. The number of fused-ring (bicyclic) bond motifs is 1. The monoisotopic (exact) mass is 462 g/mol. The smallest absolute Gasteiger partial charge is 0.300 e. The van der Waals surface area contributed by atoms with E-state index in [2.05, 4.69) is 0 Å². The lowest BCUT2D eigenvalue weighted by Gasteiger charge is -2.28. The van der Waals surface area contributed by atoms with Gasteiger partial charge in [0.2, 0.25) is 0 Å². The summed E-state index contributed by atoms with van der Waals surface area (Å²) in [4.78, 5) is 30.5. The van der Waals surface area contributed by atoms with E-state index in [-0.39, 0.29) is 22.8 Å². The highest BCUT2D eigenvalue weighted by atomic mass is 32.1. The zero-order valence-electron chi connectivity index (χ0n) is 18.1. The Bertz CT molecular complexity index is 1310. The van der Waals surface area contributed by atoms with Crippen molar-refractivity contribution in [3.63, 3.8) is 0 Å². The van der Waals surface area contributed by atoms with E-state index in [1.54, 1.807) is 36.4 Å². The summed E-state index contributed by atoms with van der Waals surface area (Å²) in [7, 11) is 1.93. The van der Waals surface area contributed by atoms with E-state index in [1.807, 2.05) is 30.3 Å². The van der Waals surface area contributed by atoms with Gasteiger partial charge in [-0.2, -0.15) is 0 Å². The van der Waals surface area contributed by atoms with E-state index in [0.717, 1.165) is 16.1 Å². The lowest BCUT2D eigenvalue weighted by Crippen LogP contribution is -2.29. The number of Topliss-reactive ketones (excluding diaryl/α,β-unsaturated/α-hetero) is 1. The topological polar surface area (TPSA) is 90.3 Å². The van der Waals surface area contributed by atoms with Gasteiger partial charge in [0.1, 0.15) is 29.9 Å². The van der Waals surface area contributed by atoms with Crippen molar-refractivity contribution in [2.75, 3.05) is 30.0 Å². The summed E-state index contributed by atoms with van der Waals surface area (Å²) in [5.74, 6) is -1.28. The predicted octanol–water partition coefficient (Wildman–Crippen LogP) is 4.22. The fourth-order valence-electron chi connectivity index (χ4n) is 4.31. The van der Waals surface area contributed by atoms with Gasteiger partial charge in [-0.3, -0.25) is 14.5 Å². The standard InChI is InChI=1S/C25H22N2O5S/c1-14-9-12-33-24(14)21-20(23(30)25(31)27(21)16-5-3-4-6-18(16)28)22(29)15-7-8-19-17(13-15)26(2)10-11-32-19/h3-9,12-13,21,28-29H,10-11H2,1-2H3/b22-20-. The van der Waals surface area contributed by atoms with E-state index in [1.165, 1.54) is 22.3 Å². The molecular weight excluding hydrogens is 440 g/mol. The van der Waals surface area contributed by atoms with Crippen molar-refractivity contribution < 1.29 is 24.5 Å². The molecule has 0 bridgehead atoms. The Labute approximate surface area is 194 Å². The van der Waals surface area contributed by atoms with E-state index in [4.69, 9.17) is 4.74 Å². The molecule has 0 spiro atoms. The fraction of sp³-hybridized carbons (Fsp3) is 0.200. The molecule has 0 aliphatic carbocycles. The summed E-state index contributed by atoms with van der Waals surface area (Å²) in [6, 6.07) is 12.6. The first-order valence-corrected chi connectivity index (χ1v) is 11.4. The minimum atomic E-state index is -0.858. The highest BCUT2D eigenvalue weighted by Gasteiger charge is 2.48. The minimum Gasteiger partial charge on any atom is -0.507 e. The van der Waals surface area contributed by atoms with Gasteiger partial charge in [0.25, 0.3) is 11.7 Å². The second-order valence-corrected chi connectivity index (χ2v) is 9.03. The maximum atomic E-state index is 13.3. The molecule has 2 N–H and O–H groups in total. The van der Waals surface area contributed by atoms with Crippen LogP contribution < -0.4 is 14.5 Å². The first-order valence-electron chi connectivity index (χ1n) is 10.5. The summed E-state index contributed by atoms with van der Waals surface area (Å²) in [5.41, 5.74) is 2.31. The van der Waals surface area contributed by atoms with E-state index in [9.17, 15) is 19.8 Å². The zero-order valence-corrected chi connectivity index (χ0v) is 18.9. The number of aliphatic hydroxyl groups is 1. The van der Waals surface area contributed by atoms with Crippen LogP contribution in [0.3, 0.4) is 0 Å². The number of amides is 1. The molecule has 168 valence electrons. The minimum absolute atomic E-state index is 0.00636. The van der Waals surface area contributed by atoms with E-state index >= 15 is 0 Å². The molecule has 2 aliphatic heterocycles. The van der Waals surface area contributed by atoms with Crippen LogP contribution in [0.2, 0.25) is 0 Å². The average Bonchev–Trinajstić information content (AvgIpc) is 3.34. The number of phenolic OH excluding ortho intramolecular Hbond substituents is 1. The molecule has 1 saturated heterocycles. The molecule has 1 atom stereocenters. The van der Waals surface area contributed by atoms with E-state index in [0.29, 0.717) is 24.5 Å². The number of benzene rings is 2. The third-order valence-corrected chi connectivity index (χ3v) is 7.13. The third kappa shape index (κ3) is 3.34. The van der Waals surface area contributed by atoms with Gasteiger partial charge >= 0.3 is 0 Å². The summed E-state index contributed by atoms with van der Waals surface area (Å²) in [5, 5.41) is 23.7. The Kier molecular flexibility index (Phi) is 5.09. The maximum Gasteiger partial charge on any atom is 0.300 e. The number of hydrogen-bond donors (Lipinski definition) is 2. The van der Waals surface area contributed by atoms with Crippen LogP contribution in [0.1, 0.15) is 22.0 Å². The molecule has 2 aliphatic rings. The molecule has 8 heteroatoms. The number of anilines is 2. The van der Waals surface area contributed by atoms with Gasteiger partial charge in [-0.1, -0.05) is 12.1 Å². The van der Waals surface area contributed by atoms with Crippen molar-refractivity contribution in [2.45, 2.75) is 13.0 Å². The van der Waals surface area contributed by atoms with Crippen LogP contribution in [0.5, 0.6) is 11.5 Å². The van der Waals surface area contributed by atoms with Crippen LogP contribution in [0.25, 0.3) is 5.76 Å². The lowest BCUT2D eigenvalue weighted by atomic mass is 9.97. The molecule has 3 aromatic rings. The normalized spacial score (nSPS) is 19.5.